The Hall–Kier alpha value is -5.25. The Morgan fingerprint density at radius 3 is 2.55 bits per heavy atom. The van der Waals surface area contributed by atoms with E-state index in [-0.39, 0.29) is 29.8 Å². The van der Waals surface area contributed by atoms with Crippen molar-refractivity contribution in [1.29, 1.82) is 0 Å². The molecule has 3 amide bonds. The maximum Gasteiger partial charge on any atom is 0.323 e. The molecule has 2 aliphatic heterocycles. The molecular weight excluding hydrogens is 558 g/mol. The third-order valence-corrected chi connectivity index (χ3v) is 8.29. The van der Waals surface area contributed by atoms with Crippen LogP contribution in [0.4, 0.5) is 21.9 Å². The quantitative estimate of drug-likeness (QED) is 0.263. The summed E-state index contributed by atoms with van der Waals surface area (Å²) in [6.07, 6.45) is 1.00. The van der Waals surface area contributed by atoms with E-state index in [1.807, 2.05) is 47.0 Å². The number of hydrogen-bond donors (Lipinski definition) is 3. The Morgan fingerprint density at radius 2 is 1.70 bits per heavy atom. The Balaban J connectivity index is 1.27. The number of methoxy groups -OCH3 is 2. The fourth-order valence-corrected chi connectivity index (χ4v) is 6.26. The molecule has 0 spiro atoms. The van der Waals surface area contributed by atoms with Crippen molar-refractivity contribution in [3.05, 3.63) is 112 Å². The minimum absolute atomic E-state index is 0.0331. The van der Waals surface area contributed by atoms with Crippen LogP contribution in [0.25, 0.3) is 0 Å². The molecule has 6 rings (SSSR count). The summed E-state index contributed by atoms with van der Waals surface area (Å²) < 4.78 is 12.6. The average Bonchev–Trinajstić information content (AvgIpc) is 3.04. The van der Waals surface area contributed by atoms with Gasteiger partial charge in [0.2, 0.25) is 0 Å². The summed E-state index contributed by atoms with van der Waals surface area (Å²) in [6.45, 7) is 2.36. The third kappa shape index (κ3) is 6.10. The highest BCUT2D eigenvalue weighted by molar-refractivity contribution is 6.04. The highest BCUT2D eigenvalue weighted by Crippen LogP contribution is 2.39. The zero-order valence-corrected chi connectivity index (χ0v) is 24.7. The van der Waals surface area contributed by atoms with Gasteiger partial charge in [0.05, 0.1) is 25.6 Å². The average molecular weight is 594 g/mol. The molecule has 2 aliphatic rings. The van der Waals surface area contributed by atoms with Crippen molar-refractivity contribution in [2.75, 3.05) is 42.8 Å². The van der Waals surface area contributed by atoms with E-state index in [0.717, 1.165) is 29.9 Å². The fourth-order valence-electron chi connectivity index (χ4n) is 6.26. The molecular formula is C34H35N5O5. The Morgan fingerprint density at radius 1 is 0.864 bits per heavy atom. The second-order valence-corrected chi connectivity index (χ2v) is 11.1. The summed E-state index contributed by atoms with van der Waals surface area (Å²) in [7, 11) is 3.16. The lowest BCUT2D eigenvalue weighted by Crippen LogP contribution is -2.47. The number of carbonyl (C=O) groups excluding carboxylic acids is 2. The SMILES string of the molecule is COc1cccc(NC(=O)Nc2cc(C(=O)NCc3ccccc3OC)ccc2N2C[C@H]3C[C@@H](C2)c2cccc(=O)n2C3)c1. The zero-order valence-electron chi connectivity index (χ0n) is 24.7. The number of carbonyl (C=O) groups is 2. The van der Waals surface area contributed by atoms with Gasteiger partial charge in [-0.3, -0.25) is 9.59 Å². The first-order valence-electron chi connectivity index (χ1n) is 14.6. The number of para-hydroxylation sites is 1. The molecule has 3 heterocycles. The Labute approximate surface area is 255 Å². The van der Waals surface area contributed by atoms with Gasteiger partial charge in [-0.05, 0) is 54.8 Å². The first-order chi connectivity index (χ1) is 21.4. The van der Waals surface area contributed by atoms with Crippen LogP contribution in [0.3, 0.4) is 0 Å². The molecule has 1 saturated heterocycles. The molecule has 0 unspecified atom stereocenters. The van der Waals surface area contributed by atoms with E-state index in [0.29, 0.717) is 41.5 Å². The monoisotopic (exact) mass is 593 g/mol. The third-order valence-electron chi connectivity index (χ3n) is 8.29. The first kappa shape index (κ1) is 28.9. The van der Waals surface area contributed by atoms with Crippen molar-refractivity contribution in [3.63, 3.8) is 0 Å². The summed E-state index contributed by atoms with van der Waals surface area (Å²) >= 11 is 0. The van der Waals surface area contributed by atoms with Crippen LogP contribution >= 0.6 is 0 Å². The molecule has 226 valence electrons. The van der Waals surface area contributed by atoms with Gasteiger partial charge in [0, 0.05) is 66.7 Å². The Bertz CT molecular complexity index is 1750. The van der Waals surface area contributed by atoms with Crippen LogP contribution in [0.1, 0.15) is 34.0 Å². The summed E-state index contributed by atoms with van der Waals surface area (Å²) in [5, 5.41) is 8.81. The van der Waals surface area contributed by atoms with E-state index in [1.165, 1.54) is 0 Å². The van der Waals surface area contributed by atoms with E-state index in [4.69, 9.17) is 9.47 Å². The number of ether oxygens (including phenoxy) is 2. The molecule has 10 heteroatoms. The number of piperidine rings is 1. The van der Waals surface area contributed by atoms with Gasteiger partial charge >= 0.3 is 6.03 Å². The van der Waals surface area contributed by atoms with Crippen molar-refractivity contribution in [1.82, 2.24) is 9.88 Å². The fraction of sp³-hybridized carbons (Fsp3) is 0.265. The topological polar surface area (TPSA) is 114 Å². The zero-order chi connectivity index (χ0) is 30.6. The van der Waals surface area contributed by atoms with Crippen LogP contribution in [-0.2, 0) is 13.1 Å². The number of rotatable bonds is 8. The van der Waals surface area contributed by atoms with E-state index < -0.39 is 6.03 Å². The van der Waals surface area contributed by atoms with Crippen LogP contribution in [0.5, 0.6) is 11.5 Å². The second kappa shape index (κ2) is 12.5. The molecule has 0 radical (unpaired) electrons. The van der Waals surface area contributed by atoms with Gasteiger partial charge < -0.3 is 34.9 Å². The van der Waals surface area contributed by atoms with Crippen LogP contribution in [0, 0.1) is 5.92 Å². The number of nitrogens with zero attached hydrogens (tertiary/aromatic N) is 2. The van der Waals surface area contributed by atoms with E-state index >= 15 is 0 Å². The second-order valence-electron chi connectivity index (χ2n) is 11.1. The van der Waals surface area contributed by atoms with E-state index in [1.54, 1.807) is 56.7 Å². The van der Waals surface area contributed by atoms with Gasteiger partial charge in [-0.2, -0.15) is 0 Å². The number of fused-ring (bicyclic) bond motifs is 4. The van der Waals surface area contributed by atoms with Gasteiger partial charge in [-0.15, -0.1) is 0 Å². The normalized spacial score (nSPS) is 16.8. The maximum atomic E-state index is 13.3. The van der Waals surface area contributed by atoms with Crippen LogP contribution < -0.4 is 35.9 Å². The lowest BCUT2D eigenvalue weighted by Gasteiger charge is -2.44. The highest BCUT2D eigenvalue weighted by atomic mass is 16.5. The number of amides is 3. The van der Waals surface area contributed by atoms with Crippen LogP contribution in [0.2, 0.25) is 0 Å². The van der Waals surface area contributed by atoms with E-state index in [2.05, 4.69) is 20.9 Å². The lowest BCUT2D eigenvalue weighted by molar-refractivity contribution is 0.0950. The minimum atomic E-state index is -0.444. The van der Waals surface area contributed by atoms with Crippen molar-refractivity contribution in [3.8, 4) is 11.5 Å². The molecule has 10 nitrogen and oxygen atoms in total. The smallest absolute Gasteiger partial charge is 0.323 e. The van der Waals surface area contributed by atoms with Crippen LogP contribution in [-0.4, -0.2) is 43.8 Å². The van der Waals surface area contributed by atoms with E-state index in [9.17, 15) is 14.4 Å². The van der Waals surface area contributed by atoms with Gasteiger partial charge in [-0.25, -0.2) is 4.79 Å². The molecule has 1 aromatic heterocycles. The summed E-state index contributed by atoms with van der Waals surface area (Å²) in [5.41, 5.74) is 4.24. The highest BCUT2D eigenvalue weighted by Gasteiger charge is 2.35. The molecule has 44 heavy (non-hydrogen) atoms. The largest absolute Gasteiger partial charge is 0.497 e. The molecule has 3 aromatic carbocycles. The molecule has 0 aliphatic carbocycles. The molecule has 4 aromatic rings. The van der Waals surface area contributed by atoms with Crippen molar-refractivity contribution in [2.24, 2.45) is 5.92 Å². The number of aromatic nitrogens is 1. The van der Waals surface area contributed by atoms with Gasteiger partial charge in [0.1, 0.15) is 11.5 Å². The van der Waals surface area contributed by atoms with Gasteiger partial charge in [0.15, 0.2) is 0 Å². The first-order valence-corrected chi connectivity index (χ1v) is 14.6. The van der Waals surface area contributed by atoms with Crippen molar-refractivity contribution < 1.29 is 19.1 Å². The minimum Gasteiger partial charge on any atom is -0.497 e. The standard InChI is InChI=1S/C34H35N5O5/c1-43-27-9-5-8-26(17-27)36-34(42)37-28-16-23(33(41)35-18-24-7-3-4-11-31(24)44-2)13-14-30(28)38-19-22-15-25(21-38)29-10-6-12-32(40)39(29)20-22/h3-14,16-17,22,25H,15,18-21H2,1-2H3,(H,35,41)(H2,36,37,42)/t22-,25+/m1/s1. The molecule has 0 saturated carbocycles. The van der Waals surface area contributed by atoms with Gasteiger partial charge in [0.25, 0.3) is 11.5 Å². The number of hydrogen-bond acceptors (Lipinski definition) is 6. The lowest BCUT2D eigenvalue weighted by atomic mass is 9.83. The number of benzene rings is 3. The van der Waals surface area contributed by atoms with Crippen LogP contribution in [0.15, 0.2) is 89.7 Å². The Kier molecular flexibility index (Phi) is 8.23. The van der Waals surface area contributed by atoms with Crippen molar-refractivity contribution >= 4 is 29.0 Å². The summed E-state index contributed by atoms with van der Waals surface area (Å²) in [6, 6.07) is 25.0. The number of nitrogens with one attached hydrogen (secondary N) is 3. The number of anilines is 3. The summed E-state index contributed by atoms with van der Waals surface area (Å²) in [4.78, 5) is 41.3. The predicted molar refractivity (Wildman–Crippen MR) is 170 cm³/mol. The molecule has 3 N–H and O–H groups in total. The summed E-state index contributed by atoms with van der Waals surface area (Å²) in [5.74, 6) is 1.50. The maximum absolute atomic E-state index is 13.3. The molecule has 2 bridgehead atoms. The number of urea groups is 1. The van der Waals surface area contributed by atoms with Crippen molar-refractivity contribution in [2.45, 2.75) is 25.4 Å². The predicted octanol–water partition coefficient (Wildman–Crippen LogP) is 5.06. The molecule has 2 atom stereocenters. The molecule has 1 fully saturated rings. The number of pyridine rings is 1. The van der Waals surface area contributed by atoms with Gasteiger partial charge in [-0.1, -0.05) is 30.3 Å².